The Balaban J connectivity index is 1.65. The minimum absolute atomic E-state index is 0.0554. The second-order valence-corrected chi connectivity index (χ2v) is 7.94. The molecule has 7 nitrogen and oxygen atoms in total. The maximum atomic E-state index is 13.0. The number of carbonyl (C=O) groups excluding carboxylic acids is 3. The molecule has 2 atom stereocenters. The van der Waals surface area contributed by atoms with Gasteiger partial charge in [0.25, 0.3) is 5.91 Å². The van der Waals surface area contributed by atoms with Gasteiger partial charge in [-0.15, -0.1) is 11.3 Å². The van der Waals surface area contributed by atoms with E-state index in [9.17, 15) is 14.4 Å². The maximum absolute atomic E-state index is 13.0. The van der Waals surface area contributed by atoms with Crippen molar-refractivity contribution in [3.8, 4) is 0 Å². The summed E-state index contributed by atoms with van der Waals surface area (Å²) in [5.41, 5.74) is 1.41. The van der Waals surface area contributed by atoms with Crippen LogP contribution in [-0.4, -0.2) is 65.2 Å². The second-order valence-electron chi connectivity index (χ2n) is 7.08. The number of hydrogen-bond acceptors (Lipinski definition) is 5. The molecule has 0 saturated carbocycles. The molecule has 2 aliphatic heterocycles. The molecule has 0 radical (unpaired) electrons. The van der Waals surface area contributed by atoms with E-state index in [0.29, 0.717) is 36.6 Å². The molecule has 2 aliphatic rings. The molecule has 1 aromatic rings. The highest BCUT2D eigenvalue weighted by atomic mass is 32.1. The highest BCUT2D eigenvalue weighted by Crippen LogP contribution is 2.35. The maximum Gasteiger partial charge on any atom is 0.263 e. The first-order valence-electron chi connectivity index (χ1n) is 8.59. The first kappa shape index (κ1) is 17.8. The average Bonchev–Trinajstić information content (AvgIpc) is 3.29. The van der Waals surface area contributed by atoms with Crippen LogP contribution in [0.15, 0.2) is 5.51 Å². The molecule has 1 N–H and O–H groups in total. The Kier molecular flexibility index (Phi) is 4.81. The van der Waals surface area contributed by atoms with Gasteiger partial charge in [-0.2, -0.15) is 0 Å². The predicted octanol–water partition coefficient (Wildman–Crippen LogP) is 1.04. The molecule has 1 aromatic heterocycles. The van der Waals surface area contributed by atoms with Crippen LogP contribution in [0.25, 0.3) is 0 Å². The molecule has 2 fully saturated rings. The first-order valence-corrected chi connectivity index (χ1v) is 9.47. The zero-order valence-electron chi connectivity index (χ0n) is 14.9. The van der Waals surface area contributed by atoms with Gasteiger partial charge in [-0.25, -0.2) is 4.98 Å². The number of rotatable bonds is 4. The van der Waals surface area contributed by atoms with Gasteiger partial charge in [0.2, 0.25) is 11.8 Å². The van der Waals surface area contributed by atoms with Crippen LogP contribution in [0.1, 0.15) is 41.6 Å². The molecular weight excluding hydrogens is 340 g/mol. The number of nitrogens with zero attached hydrogens (tertiary/aromatic N) is 3. The smallest absolute Gasteiger partial charge is 0.263 e. The van der Waals surface area contributed by atoms with Crippen molar-refractivity contribution in [2.75, 3.05) is 26.7 Å². The zero-order valence-corrected chi connectivity index (χ0v) is 15.7. The van der Waals surface area contributed by atoms with Gasteiger partial charge in [-0.05, 0) is 33.1 Å². The van der Waals surface area contributed by atoms with Crippen LogP contribution in [-0.2, 0) is 9.59 Å². The van der Waals surface area contributed by atoms with E-state index in [0.717, 1.165) is 12.8 Å². The molecule has 1 unspecified atom stereocenters. The predicted molar refractivity (Wildman–Crippen MR) is 94.3 cm³/mol. The fraction of sp³-hybridized carbons (Fsp3) is 0.647. The Morgan fingerprint density at radius 1 is 1.44 bits per heavy atom. The van der Waals surface area contributed by atoms with Crippen molar-refractivity contribution in [3.63, 3.8) is 0 Å². The quantitative estimate of drug-likeness (QED) is 0.810. The van der Waals surface area contributed by atoms with Crippen LogP contribution in [0.5, 0.6) is 0 Å². The number of carbonyl (C=O) groups is 3. The summed E-state index contributed by atoms with van der Waals surface area (Å²) in [6, 6.07) is -0.0554. The molecule has 3 amide bonds. The van der Waals surface area contributed by atoms with Crippen molar-refractivity contribution in [2.24, 2.45) is 5.41 Å². The molecule has 136 valence electrons. The van der Waals surface area contributed by atoms with Gasteiger partial charge >= 0.3 is 0 Å². The van der Waals surface area contributed by atoms with Gasteiger partial charge in [0, 0.05) is 32.7 Å². The Labute approximate surface area is 151 Å². The van der Waals surface area contributed by atoms with Crippen LogP contribution in [0.2, 0.25) is 0 Å². The molecule has 8 heteroatoms. The van der Waals surface area contributed by atoms with Crippen molar-refractivity contribution in [1.82, 2.24) is 20.1 Å². The number of aryl methyl sites for hydroxylation is 1. The van der Waals surface area contributed by atoms with Gasteiger partial charge in [0.15, 0.2) is 0 Å². The highest BCUT2D eigenvalue weighted by molar-refractivity contribution is 7.11. The van der Waals surface area contributed by atoms with Crippen molar-refractivity contribution in [1.29, 1.82) is 0 Å². The van der Waals surface area contributed by atoms with Gasteiger partial charge in [-0.3, -0.25) is 14.4 Å². The Morgan fingerprint density at radius 2 is 2.20 bits per heavy atom. The van der Waals surface area contributed by atoms with Crippen molar-refractivity contribution >= 4 is 29.1 Å². The number of amides is 3. The van der Waals surface area contributed by atoms with Crippen LogP contribution in [0, 0.1) is 12.3 Å². The van der Waals surface area contributed by atoms with E-state index in [4.69, 9.17) is 0 Å². The summed E-state index contributed by atoms with van der Waals surface area (Å²) in [6.07, 6.45) is 2.29. The van der Waals surface area contributed by atoms with Crippen molar-refractivity contribution in [2.45, 2.75) is 39.2 Å². The zero-order chi connectivity index (χ0) is 18.2. The van der Waals surface area contributed by atoms with E-state index >= 15 is 0 Å². The molecule has 3 rings (SSSR count). The van der Waals surface area contributed by atoms with E-state index in [1.54, 1.807) is 36.2 Å². The molecule has 0 spiro atoms. The minimum Gasteiger partial charge on any atom is -0.349 e. The summed E-state index contributed by atoms with van der Waals surface area (Å²) in [7, 11) is 1.74. The summed E-state index contributed by atoms with van der Waals surface area (Å²) in [6.45, 7) is 5.21. The van der Waals surface area contributed by atoms with E-state index in [-0.39, 0.29) is 23.8 Å². The molecule has 0 bridgehead atoms. The lowest BCUT2D eigenvalue weighted by molar-refractivity contribution is -0.150. The fourth-order valence-corrected chi connectivity index (χ4v) is 4.38. The number of aromatic nitrogens is 1. The summed E-state index contributed by atoms with van der Waals surface area (Å²) < 4.78 is 0. The number of likely N-dealkylation sites (tertiary alicyclic amines) is 2. The number of nitrogens with one attached hydrogen (secondary N) is 1. The van der Waals surface area contributed by atoms with E-state index in [2.05, 4.69) is 10.3 Å². The summed E-state index contributed by atoms with van der Waals surface area (Å²) in [4.78, 5) is 45.8. The standard InChI is InChI=1S/C17H24N4O3S/c1-11-13(25-10-19-11)14(22)18-9-12-5-4-7-21(12)16(24)17(2)6-8-20(3)15(17)23/h10,12H,4-9H2,1-3H3,(H,18,22)/t12-,17?/m1/s1. The van der Waals surface area contributed by atoms with Crippen LogP contribution in [0.3, 0.4) is 0 Å². The number of hydrogen-bond donors (Lipinski definition) is 1. The third-order valence-electron chi connectivity index (χ3n) is 5.33. The molecule has 25 heavy (non-hydrogen) atoms. The lowest BCUT2D eigenvalue weighted by Crippen LogP contribution is -2.51. The topological polar surface area (TPSA) is 82.6 Å². The highest BCUT2D eigenvalue weighted by Gasteiger charge is 2.50. The largest absolute Gasteiger partial charge is 0.349 e. The Hall–Kier alpha value is -1.96. The monoisotopic (exact) mass is 364 g/mol. The minimum atomic E-state index is -0.963. The third-order valence-corrected chi connectivity index (χ3v) is 6.25. The molecule has 2 saturated heterocycles. The van der Waals surface area contributed by atoms with Crippen LogP contribution >= 0.6 is 11.3 Å². The molecular formula is C17H24N4O3S. The van der Waals surface area contributed by atoms with Gasteiger partial charge in [0.1, 0.15) is 10.3 Å². The SMILES string of the molecule is Cc1ncsc1C(=O)NC[C@H]1CCCN1C(=O)C1(C)CCN(C)C1=O. The number of thiazole rings is 1. The molecule has 0 aromatic carbocycles. The molecule has 3 heterocycles. The van der Waals surface area contributed by atoms with Gasteiger partial charge < -0.3 is 15.1 Å². The Morgan fingerprint density at radius 3 is 2.80 bits per heavy atom. The lowest BCUT2D eigenvalue weighted by Gasteiger charge is -2.31. The van der Waals surface area contributed by atoms with E-state index < -0.39 is 5.41 Å². The second kappa shape index (κ2) is 6.74. The van der Waals surface area contributed by atoms with Gasteiger partial charge in [-0.1, -0.05) is 0 Å². The van der Waals surface area contributed by atoms with Crippen LogP contribution < -0.4 is 5.32 Å². The van der Waals surface area contributed by atoms with Gasteiger partial charge in [0.05, 0.1) is 11.2 Å². The fourth-order valence-electron chi connectivity index (χ4n) is 3.66. The Bertz CT molecular complexity index is 704. The average molecular weight is 364 g/mol. The summed E-state index contributed by atoms with van der Waals surface area (Å²) >= 11 is 1.31. The first-order chi connectivity index (χ1) is 11.8. The van der Waals surface area contributed by atoms with Crippen LogP contribution in [0.4, 0.5) is 0 Å². The molecule has 0 aliphatic carbocycles. The summed E-state index contributed by atoms with van der Waals surface area (Å²) in [5.74, 6) is -0.359. The normalized spacial score (nSPS) is 26.4. The van der Waals surface area contributed by atoms with Crippen molar-refractivity contribution in [3.05, 3.63) is 16.1 Å². The lowest BCUT2D eigenvalue weighted by atomic mass is 9.87. The van der Waals surface area contributed by atoms with E-state index in [1.807, 2.05) is 0 Å². The third kappa shape index (κ3) is 3.15. The van der Waals surface area contributed by atoms with E-state index in [1.165, 1.54) is 11.3 Å². The van der Waals surface area contributed by atoms with Crippen molar-refractivity contribution < 1.29 is 14.4 Å². The summed E-state index contributed by atoms with van der Waals surface area (Å²) in [5, 5.41) is 2.92.